The molecule has 0 atom stereocenters. The Balaban J connectivity index is 1.29. The molecule has 1 saturated carbocycles. The number of hydrogen-bond acceptors (Lipinski definition) is 4. The van der Waals surface area contributed by atoms with Crippen LogP contribution in [0, 0.1) is 16.7 Å². The van der Waals surface area contributed by atoms with Crippen LogP contribution in [0.5, 0.6) is 0 Å². The van der Waals surface area contributed by atoms with E-state index in [1.54, 1.807) is 6.20 Å². The third kappa shape index (κ3) is 4.13. The van der Waals surface area contributed by atoms with Gasteiger partial charge in [0, 0.05) is 30.4 Å². The van der Waals surface area contributed by atoms with Crippen molar-refractivity contribution in [3.8, 4) is 17.3 Å². The number of likely N-dealkylation sites (tertiary alicyclic amines) is 1. The van der Waals surface area contributed by atoms with E-state index >= 15 is 0 Å². The van der Waals surface area contributed by atoms with Gasteiger partial charge in [-0.15, -0.1) is 0 Å². The van der Waals surface area contributed by atoms with Crippen molar-refractivity contribution >= 4 is 5.91 Å². The van der Waals surface area contributed by atoms with Crippen LogP contribution in [-0.2, 0) is 6.42 Å². The minimum atomic E-state index is -0.413. The molecule has 5 heteroatoms. The molecule has 5 nitrogen and oxygen atoms in total. The van der Waals surface area contributed by atoms with E-state index in [0.29, 0.717) is 31.5 Å². The Morgan fingerprint density at radius 3 is 2.47 bits per heavy atom. The summed E-state index contributed by atoms with van der Waals surface area (Å²) < 4.78 is 0. The van der Waals surface area contributed by atoms with E-state index in [1.807, 2.05) is 35.2 Å². The molecular formula is C27H26N4O. The number of carbonyl (C=O) groups excluding carboxylic acids is 1. The van der Waals surface area contributed by atoms with Gasteiger partial charge in [0.2, 0.25) is 0 Å². The number of aromatic nitrogens is 2. The fourth-order valence-corrected chi connectivity index (χ4v) is 4.69. The first-order chi connectivity index (χ1) is 15.7. The van der Waals surface area contributed by atoms with E-state index in [1.165, 1.54) is 30.3 Å². The van der Waals surface area contributed by atoms with Gasteiger partial charge < -0.3 is 4.90 Å². The number of nitrogens with zero attached hydrogens (tertiary/aromatic N) is 4. The summed E-state index contributed by atoms with van der Waals surface area (Å²) >= 11 is 0. The summed E-state index contributed by atoms with van der Waals surface area (Å²) in [6.07, 6.45) is 7.90. The van der Waals surface area contributed by atoms with Crippen molar-refractivity contribution in [3.05, 3.63) is 83.8 Å². The largest absolute Gasteiger partial charge is 0.339 e. The second-order valence-corrected chi connectivity index (χ2v) is 9.02. The zero-order valence-electron chi connectivity index (χ0n) is 18.1. The van der Waals surface area contributed by atoms with Crippen molar-refractivity contribution in [2.45, 2.75) is 38.0 Å². The zero-order valence-corrected chi connectivity index (χ0v) is 18.1. The maximum atomic E-state index is 13.4. The first kappa shape index (κ1) is 20.4. The number of amides is 1. The molecule has 2 aromatic carbocycles. The van der Waals surface area contributed by atoms with Gasteiger partial charge in [0.05, 0.1) is 17.2 Å². The molecule has 1 aliphatic heterocycles. The molecule has 2 aliphatic rings. The van der Waals surface area contributed by atoms with Crippen LogP contribution in [0.15, 0.2) is 67.1 Å². The fourth-order valence-electron chi connectivity index (χ4n) is 4.69. The lowest BCUT2D eigenvalue weighted by molar-refractivity contribution is 0.0648. The molecule has 0 N–H and O–H groups in total. The predicted molar refractivity (Wildman–Crippen MR) is 123 cm³/mol. The maximum Gasteiger partial charge on any atom is 0.254 e. The number of nitriles is 1. The SMILES string of the molecule is N#CC1(Cc2ccc(C3CC3)cc2)CCN(C(=O)c2ccccc2-c2ccncn2)CC1. The molecule has 32 heavy (non-hydrogen) atoms. The Kier molecular flexibility index (Phi) is 5.45. The highest BCUT2D eigenvalue weighted by Gasteiger charge is 2.37. The van der Waals surface area contributed by atoms with Crippen molar-refractivity contribution in [1.82, 2.24) is 14.9 Å². The van der Waals surface area contributed by atoms with Gasteiger partial charge in [0.1, 0.15) is 6.33 Å². The van der Waals surface area contributed by atoms with Gasteiger partial charge in [-0.2, -0.15) is 5.26 Å². The third-order valence-corrected chi connectivity index (χ3v) is 6.83. The summed E-state index contributed by atoms with van der Waals surface area (Å²) in [7, 11) is 0. The van der Waals surface area contributed by atoms with E-state index in [4.69, 9.17) is 0 Å². The molecular weight excluding hydrogens is 396 g/mol. The lowest BCUT2D eigenvalue weighted by atomic mass is 9.75. The van der Waals surface area contributed by atoms with E-state index in [-0.39, 0.29) is 5.91 Å². The molecule has 1 amide bonds. The number of rotatable bonds is 5. The number of hydrogen-bond donors (Lipinski definition) is 0. The lowest BCUT2D eigenvalue weighted by Gasteiger charge is -2.37. The summed E-state index contributed by atoms with van der Waals surface area (Å²) in [4.78, 5) is 23.5. The van der Waals surface area contributed by atoms with Gasteiger partial charge in [0.25, 0.3) is 5.91 Å². The quantitative estimate of drug-likeness (QED) is 0.580. The lowest BCUT2D eigenvalue weighted by Crippen LogP contribution is -2.43. The topological polar surface area (TPSA) is 69.9 Å². The highest BCUT2D eigenvalue weighted by Crippen LogP contribution is 2.41. The highest BCUT2D eigenvalue weighted by molar-refractivity contribution is 6.00. The molecule has 0 spiro atoms. The summed E-state index contributed by atoms with van der Waals surface area (Å²) in [6, 6.07) is 20.8. The number of piperidine rings is 1. The second kappa shape index (κ2) is 8.55. The molecule has 1 aromatic heterocycles. The van der Waals surface area contributed by atoms with Crippen LogP contribution in [0.1, 0.15) is 53.1 Å². The minimum Gasteiger partial charge on any atom is -0.339 e. The van der Waals surface area contributed by atoms with Gasteiger partial charge in [-0.25, -0.2) is 9.97 Å². The first-order valence-corrected chi connectivity index (χ1v) is 11.3. The van der Waals surface area contributed by atoms with Crippen molar-refractivity contribution in [2.75, 3.05) is 13.1 Å². The monoisotopic (exact) mass is 422 g/mol. The first-order valence-electron chi connectivity index (χ1n) is 11.3. The number of carbonyl (C=O) groups is 1. The summed E-state index contributed by atoms with van der Waals surface area (Å²) in [5.41, 5.74) is 4.41. The van der Waals surface area contributed by atoms with Crippen molar-refractivity contribution in [3.63, 3.8) is 0 Å². The molecule has 3 aromatic rings. The molecule has 0 radical (unpaired) electrons. The molecule has 2 fully saturated rings. The van der Waals surface area contributed by atoms with Gasteiger partial charge >= 0.3 is 0 Å². The maximum absolute atomic E-state index is 13.4. The molecule has 1 aliphatic carbocycles. The van der Waals surface area contributed by atoms with E-state index in [9.17, 15) is 10.1 Å². The van der Waals surface area contributed by atoms with Crippen LogP contribution in [0.25, 0.3) is 11.3 Å². The van der Waals surface area contributed by atoms with Gasteiger partial charge in [-0.1, -0.05) is 42.5 Å². The molecule has 0 bridgehead atoms. The van der Waals surface area contributed by atoms with Crippen molar-refractivity contribution in [1.29, 1.82) is 5.26 Å². The van der Waals surface area contributed by atoms with Crippen LogP contribution in [0.2, 0.25) is 0 Å². The van der Waals surface area contributed by atoms with Gasteiger partial charge in [-0.3, -0.25) is 4.79 Å². The summed E-state index contributed by atoms with van der Waals surface area (Å²) in [6.45, 7) is 1.18. The average Bonchev–Trinajstić information content (AvgIpc) is 3.71. The Bertz CT molecular complexity index is 1140. The summed E-state index contributed by atoms with van der Waals surface area (Å²) in [5, 5.41) is 10.0. The third-order valence-electron chi connectivity index (χ3n) is 6.83. The highest BCUT2D eigenvalue weighted by atomic mass is 16.2. The Hall–Kier alpha value is -3.52. The zero-order chi connectivity index (χ0) is 22.0. The van der Waals surface area contributed by atoms with Crippen LogP contribution < -0.4 is 0 Å². The molecule has 0 unspecified atom stereocenters. The smallest absolute Gasteiger partial charge is 0.254 e. The van der Waals surface area contributed by atoms with E-state index in [0.717, 1.165) is 23.6 Å². The Morgan fingerprint density at radius 2 is 1.81 bits per heavy atom. The minimum absolute atomic E-state index is 0.000427. The molecule has 2 heterocycles. The normalized spacial score (nSPS) is 17.5. The van der Waals surface area contributed by atoms with Crippen LogP contribution in [0.3, 0.4) is 0 Å². The van der Waals surface area contributed by atoms with Crippen LogP contribution in [-0.4, -0.2) is 33.9 Å². The van der Waals surface area contributed by atoms with Crippen molar-refractivity contribution < 1.29 is 4.79 Å². The van der Waals surface area contributed by atoms with Crippen LogP contribution in [0.4, 0.5) is 0 Å². The molecule has 160 valence electrons. The molecule has 1 saturated heterocycles. The average molecular weight is 423 g/mol. The van der Waals surface area contributed by atoms with Crippen LogP contribution >= 0.6 is 0 Å². The molecule has 5 rings (SSSR count). The Labute approximate surface area is 188 Å². The van der Waals surface area contributed by atoms with Gasteiger partial charge in [0.15, 0.2) is 0 Å². The van der Waals surface area contributed by atoms with E-state index in [2.05, 4.69) is 40.3 Å². The fraction of sp³-hybridized carbons (Fsp3) is 0.333. The predicted octanol–water partition coefficient (Wildman–Crippen LogP) is 5.01. The standard InChI is InChI=1S/C27H26N4O/c28-18-27(17-20-5-7-21(8-6-20)22-9-10-22)12-15-31(16-13-27)26(32)24-4-2-1-3-23(24)25-11-14-29-19-30-25/h1-8,11,14,19,22H,9-10,12-13,15-17H2. The summed E-state index contributed by atoms with van der Waals surface area (Å²) in [5.74, 6) is 0.744. The van der Waals surface area contributed by atoms with Crippen molar-refractivity contribution in [2.24, 2.45) is 5.41 Å². The number of benzene rings is 2. The van der Waals surface area contributed by atoms with Gasteiger partial charge in [-0.05, 0) is 61.3 Å². The Morgan fingerprint density at radius 1 is 1.06 bits per heavy atom. The van der Waals surface area contributed by atoms with E-state index < -0.39 is 5.41 Å². The second-order valence-electron chi connectivity index (χ2n) is 9.02.